The molecule has 30 heavy (non-hydrogen) atoms. The van der Waals surface area contributed by atoms with E-state index < -0.39 is 0 Å². The van der Waals surface area contributed by atoms with Crippen LogP contribution in [0.2, 0.25) is 0 Å². The van der Waals surface area contributed by atoms with Crippen molar-refractivity contribution >= 4 is 23.1 Å². The zero-order valence-electron chi connectivity index (χ0n) is 17.7. The Morgan fingerprint density at radius 3 is 2.23 bits per heavy atom. The topological polar surface area (TPSA) is 40.6 Å². The van der Waals surface area contributed by atoms with Gasteiger partial charge in [0.25, 0.3) is 11.8 Å². The minimum atomic E-state index is -0.370. The van der Waals surface area contributed by atoms with Gasteiger partial charge in [0.15, 0.2) is 0 Å². The van der Waals surface area contributed by atoms with E-state index in [-0.39, 0.29) is 17.6 Å². The lowest BCUT2D eigenvalue weighted by atomic mass is 9.98. The third-order valence-corrected chi connectivity index (χ3v) is 5.98. The standard InChI is InChI=1S/C25H27FN2O2/c1-16(2)18-8-12-21(13-9-18)28-24(29)22(19-6-10-20(26)11-7-19)23(25(28)30)27-14-4-5-17(3)15-27/h6-13,16-17H,4-5,14-15H2,1-3H3. The molecule has 0 aromatic heterocycles. The van der Waals surface area contributed by atoms with Gasteiger partial charge in [-0.25, -0.2) is 9.29 Å². The van der Waals surface area contributed by atoms with Gasteiger partial charge < -0.3 is 4.90 Å². The molecule has 2 aromatic rings. The summed E-state index contributed by atoms with van der Waals surface area (Å²) in [5, 5.41) is 0. The minimum Gasteiger partial charge on any atom is -0.366 e. The number of carbonyl (C=O) groups is 2. The number of carbonyl (C=O) groups excluding carboxylic acids is 2. The van der Waals surface area contributed by atoms with E-state index in [2.05, 4.69) is 20.8 Å². The first kappa shape index (κ1) is 20.3. The highest BCUT2D eigenvalue weighted by molar-refractivity contribution is 6.45. The smallest absolute Gasteiger partial charge is 0.282 e. The van der Waals surface area contributed by atoms with Crippen LogP contribution in [0.1, 0.15) is 50.7 Å². The maximum Gasteiger partial charge on any atom is 0.282 e. The zero-order chi connectivity index (χ0) is 21.4. The summed E-state index contributed by atoms with van der Waals surface area (Å²) in [4.78, 5) is 30.3. The van der Waals surface area contributed by atoms with Crippen LogP contribution in [-0.2, 0) is 9.59 Å². The van der Waals surface area contributed by atoms with Crippen LogP contribution in [0.3, 0.4) is 0 Å². The fourth-order valence-electron chi connectivity index (χ4n) is 4.32. The molecule has 1 fully saturated rings. The van der Waals surface area contributed by atoms with E-state index in [4.69, 9.17) is 0 Å². The molecule has 0 bridgehead atoms. The quantitative estimate of drug-likeness (QED) is 0.674. The van der Waals surface area contributed by atoms with Gasteiger partial charge in [0.2, 0.25) is 0 Å². The highest BCUT2D eigenvalue weighted by atomic mass is 19.1. The number of hydrogen-bond donors (Lipinski definition) is 0. The Bertz CT molecular complexity index is 993. The summed E-state index contributed by atoms with van der Waals surface area (Å²) in [6.45, 7) is 7.84. The summed E-state index contributed by atoms with van der Waals surface area (Å²) in [7, 11) is 0. The summed E-state index contributed by atoms with van der Waals surface area (Å²) in [5.74, 6) is -0.210. The van der Waals surface area contributed by atoms with E-state index >= 15 is 0 Å². The molecule has 2 aliphatic rings. The molecule has 5 heteroatoms. The first-order chi connectivity index (χ1) is 14.4. The maximum absolute atomic E-state index is 13.5. The maximum atomic E-state index is 13.5. The van der Waals surface area contributed by atoms with Crippen molar-refractivity contribution in [3.05, 3.63) is 71.2 Å². The van der Waals surface area contributed by atoms with Crippen molar-refractivity contribution in [1.29, 1.82) is 0 Å². The van der Waals surface area contributed by atoms with Gasteiger partial charge in [-0.2, -0.15) is 0 Å². The van der Waals surface area contributed by atoms with E-state index in [1.54, 1.807) is 12.1 Å². The minimum absolute atomic E-state index is 0.300. The lowest BCUT2D eigenvalue weighted by molar-refractivity contribution is -0.120. The van der Waals surface area contributed by atoms with Gasteiger partial charge in [-0.1, -0.05) is 45.0 Å². The van der Waals surface area contributed by atoms with Crippen LogP contribution in [0, 0.1) is 11.7 Å². The number of imide groups is 1. The Hall–Kier alpha value is -2.95. The van der Waals surface area contributed by atoms with Gasteiger partial charge >= 0.3 is 0 Å². The average Bonchev–Trinajstić information content (AvgIpc) is 2.99. The lowest BCUT2D eigenvalue weighted by Crippen LogP contribution is -2.39. The molecule has 0 N–H and O–H groups in total. The predicted octanol–water partition coefficient (Wildman–Crippen LogP) is 4.97. The summed E-state index contributed by atoms with van der Waals surface area (Å²) in [6, 6.07) is 13.4. The van der Waals surface area contributed by atoms with Crippen LogP contribution in [0.15, 0.2) is 54.2 Å². The van der Waals surface area contributed by atoms with E-state index in [1.165, 1.54) is 17.0 Å². The lowest BCUT2D eigenvalue weighted by Gasteiger charge is -2.33. The monoisotopic (exact) mass is 406 g/mol. The van der Waals surface area contributed by atoms with Crippen molar-refractivity contribution in [2.24, 2.45) is 5.92 Å². The third kappa shape index (κ3) is 3.64. The van der Waals surface area contributed by atoms with E-state index in [9.17, 15) is 14.0 Å². The van der Waals surface area contributed by atoms with Crippen molar-refractivity contribution < 1.29 is 14.0 Å². The highest BCUT2D eigenvalue weighted by Gasteiger charge is 2.43. The molecule has 1 saturated heterocycles. The average molecular weight is 407 g/mol. The summed E-state index contributed by atoms with van der Waals surface area (Å²) in [5.41, 5.74) is 3.08. The zero-order valence-corrected chi connectivity index (χ0v) is 17.7. The van der Waals surface area contributed by atoms with E-state index in [1.807, 2.05) is 29.2 Å². The molecule has 0 spiro atoms. The highest BCUT2D eigenvalue weighted by Crippen LogP contribution is 2.36. The molecule has 1 unspecified atom stereocenters. The first-order valence-electron chi connectivity index (χ1n) is 10.6. The molecule has 0 saturated carbocycles. The van der Waals surface area contributed by atoms with E-state index in [0.717, 1.165) is 31.5 Å². The molecule has 156 valence electrons. The largest absolute Gasteiger partial charge is 0.366 e. The fourth-order valence-corrected chi connectivity index (χ4v) is 4.32. The molecule has 2 amide bonds. The Balaban J connectivity index is 1.78. The Labute approximate surface area is 177 Å². The number of piperidine rings is 1. The molecule has 1 atom stereocenters. The number of hydrogen-bond acceptors (Lipinski definition) is 3. The van der Waals surface area contributed by atoms with Gasteiger partial charge in [-0.05, 0) is 60.1 Å². The number of amides is 2. The van der Waals surface area contributed by atoms with Gasteiger partial charge in [0, 0.05) is 13.1 Å². The molecular formula is C25H27FN2O2. The van der Waals surface area contributed by atoms with Gasteiger partial charge in [0.05, 0.1) is 11.3 Å². The number of likely N-dealkylation sites (tertiary alicyclic amines) is 1. The van der Waals surface area contributed by atoms with Crippen molar-refractivity contribution in [1.82, 2.24) is 4.90 Å². The SMILES string of the molecule is CC1CCCN(C2=C(c3ccc(F)cc3)C(=O)N(c3ccc(C(C)C)cc3)C2=O)C1. The van der Waals surface area contributed by atoms with Crippen LogP contribution >= 0.6 is 0 Å². The number of benzene rings is 2. The predicted molar refractivity (Wildman–Crippen MR) is 116 cm³/mol. The van der Waals surface area contributed by atoms with E-state index in [0.29, 0.717) is 34.4 Å². The van der Waals surface area contributed by atoms with Crippen molar-refractivity contribution in [2.75, 3.05) is 18.0 Å². The second-order valence-corrected chi connectivity index (χ2v) is 8.62. The number of nitrogens with zero attached hydrogens (tertiary/aromatic N) is 2. The number of anilines is 1. The van der Waals surface area contributed by atoms with Crippen molar-refractivity contribution in [3.63, 3.8) is 0 Å². The molecular weight excluding hydrogens is 379 g/mol. The van der Waals surface area contributed by atoms with Crippen LogP contribution < -0.4 is 4.90 Å². The molecule has 4 nitrogen and oxygen atoms in total. The Morgan fingerprint density at radius 1 is 0.967 bits per heavy atom. The second-order valence-electron chi connectivity index (χ2n) is 8.62. The molecule has 0 radical (unpaired) electrons. The molecule has 2 aromatic carbocycles. The summed E-state index contributed by atoms with van der Waals surface area (Å²) < 4.78 is 13.5. The summed E-state index contributed by atoms with van der Waals surface area (Å²) >= 11 is 0. The van der Waals surface area contributed by atoms with Crippen LogP contribution in [0.25, 0.3) is 5.57 Å². The second kappa shape index (κ2) is 8.05. The van der Waals surface area contributed by atoms with Crippen LogP contribution in [0.5, 0.6) is 0 Å². The normalized spacial score (nSPS) is 20.0. The number of rotatable bonds is 4. The number of halogens is 1. The van der Waals surface area contributed by atoms with Gasteiger partial charge in [-0.15, -0.1) is 0 Å². The Kier molecular flexibility index (Phi) is 5.46. The molecule has 2 aliphatic heterocycles. The molecule has 4 rings (SSSR count). The van der Waals surface area contributed by atoms with Crippen LogP contribution in [0.4, 0.5) is 10.1 Å². The van der Waals surface area contributed by atoms with Gasteiger partial charge in [-0.3, -0.25) is 9.59 Å². The first-order valence-corrected chi connectivity index (χ1v) is 10.6. The Morgan fingerprint density at radius 2 is 1.63 bits per heavy atom. The molecule has 2 heterocycles. The molecule has 0 aliphatic carbocycles. The summed E-state index contributed by atoms with van der Waals surface area (Å²) in [6.07, 6.45) is 2.09. The van der Waals surface area contributed by atoms with Gasteiger partial charge in [0.1, 0.15) is 11.5 Å². The van der Waals surface area contributed by atoms with Crippen molar-refractivity contribution in [2.45, 2.75) is 39.5 Å². The van der Waals surface area contributed by atoms with Crippen LogP contribution in [-0.4, -0.2) is 29.8 Å². The van der Waals surface area contributed by atoms with Crippen molar-refractivity contribution in [3.8, 4) is 0 Å². The fraction of sp³-hybridized carbons (Fsp3) is 0.360. The third-order valence-electron chi connectivity index (χ3n) is 5.98.